The maximum absolute atomic E-state index is 12.6. The van der Waals surface area contributed by atoms with Crippen LogP contribution in [0.15, 0.2) is 18.2 Å². The number of benzene rings is 1. The minimum Gasteiger partial charge on any atom is -0.497 e. The summed E-state index contributed by atoms with van der Waals surface area (Å²) in [5, 5.41) is 2.97. The van der Waals surface area contributed by atoms with Gasteiger partial charge in [0.2, 0.25) is 5.91 Å². The molecule has 2 aliphatic rings. The SMILES string of the molecule is COc1ccc2c(c1)CCNC(=O)N2C1CCN(C(=O)CN)CC1. The average Bonchev–Trinajstić information content (AvgIpc) is 2.78. The summed E-state index contributed by atoms with van der Waals surface area (Å²) in [5.74, 6) is 0.769. The molecule has 0 bridgehead atoms. The number of likely N-dealkylation sites (tertiary alicyclic amines) is 1. The maximum atomic E-state index is 12.6. The molecule has 3 amide bonds. The fourth-order valence-corrected chi connectivity index (χ4v) is 3.49. The molecular formula is C17H24N4O3. The normalized spacial score (nSPS) is 18.7. The Hall–Kier alpha value is -2.28. The van der Waals surface area contributed by atoms with Crippen LogP contribution in [-0.4, -0.2) is 56.2 Å². The van der Waals surface area contributed by atoms with Crippen LogP contribution in [0.1, 0.15) is 18.4 Å². The van der Waals surface area contributed by atoms with Crippen LogP contribution in [0.25, 0.3) is 0 Å². The number of carbonyl (C=O) groups excluding carboxylic acids is 2. The molecule has 1 aromatic rings. The van der Waals surface area contributed by atoms with E-state index < -0.39 is 0 Å². The van der Waals surface area contributed by atoms with E-state index >= 15 is 0 Å². The number of hydrogen-bond acceptors (Lipinski definition) is 4. The molecule has 0 unspecified atom stereocenters. The van der Waals surface area contributed by atoms with Crippen molar-refractivity contribution in [1.29, 1.82) is 0 Å². The minimum absolute atomic E-state index is 0.0288. The molecule has 130 valence electrons. The van der Waals surface area contributed by atoms with Crippen molar-refractivity contribution in [3.8, 4) is 5.75 Å². The van der Waals surface area contributed by atoms with Crippen molar-refractivity contribution in [1.82, 2.24) is 10.2 Å². The van der Waals surface area contributed by atoms with E-state index in [0.29, 0.717) is 19.6 Å². The predicted octanol–water partition coefficient (Wildman–Crippen LogP) is 0.717. The second-order valence-electron chi connectivity index (χ2n) is 6.16. The molecule has 2 aliphatic heterocycles. The van der Waals surface area contributed by atoms with Crippen LogP contribution in [0.3, 0.4) is 0 Å². The fraction of sp³-hybridized carbons (Fsp3) is 0.529. The zero-order valence-corrected chi connectivity index (χ0v) is 14.0. The first-order valence-electron chi connectivity index (χ1n) is 8.36. The van der Waals surface area contributed by atoms with Crippen molar-refractivity contribution in [3.63, 3.8) is 0 Å². The van der Waals surface area contributed by atoms with Crippen molar-refractivity contribution < 1.29 is 14.3 Å². The van der Waals surface area contributed by atoms with E-state index in [2.05, 4.69) is 5.32 Å². The minimum atomic E-state index is -0.0671. The van der Waals surface area contributed by atoms with Gasteiger partial charge in [-0.15, -0.1) is 0 Å². The van der Waals surface area contributed by atoms with E-state index in [1.54, 1.807) is 12.0 Å². The first-order valence-corrected chi connectivity index (χ1v) is 8.36. The summed E-state index contributed by atoms with van der Waals surface area (Å²) < 4.78 is 5.30. The van der Waals surface area contributed by atoms with Crippen molar-refractivity contribution in [2.45, 2.75) is 25.3 Å². The lowest BCUT2D eigenvalue weighted by Gasteiger charge is -2.38. The number of fused-ring (bicyclic) bond motifs is 1. The topological polar surface area (TPSA) is 87.9 Å². The molecule has 1 fully saturated rings. The first-order chi connectivity index (χ1) is 11.6. The van der Waals surface area contributed by atoms with E-state index in [1.165, 1.54) is 0 Å². The van der Waals surface area contributed by atoms with Gasteiger partial charge < -0.3 is 20.7 Å². The highest BCUT2D eigenvalue weighted by Crippen LogP contribution is 2.31. The second-order valence-corrected chi connectivity index (χ2v) is 6.16. The molecule has 1 saturated heterocycles. The van der Waals surface area contributed by atoms with E-state index in [0.717, 1.165) is 36.3 Å². The Morgan fingerprint density at radius 1 is 1.38 bits per heavy atom. The lowest BCUT2D eigenvalue weighted by Crippen LogP contribution is -2.52. The van der Waals surface area contributed by atoms with Gasteiger partial charge in [0.15, 0.2) is 0 Å². The maximum Gasteiger partial charge on any atom is 0.322 e. The Morgan fingerprint density at radius 2 is 2.12 bits per heavy atom. The molecular weight excluding hydrogens is 308 g/mol. The number of amides is 3. The van der Waals surface area contributed by atoms with E-state index in [-0.39, 0.29) is 24.5 Å². The quantitative estimate of drug-likeness (QED) is 0.854. The van der Waals surface area contributed by atoms with Gasteiger partial charge in [-0.2, -0.15) is 0 Å². The van der Waals surface area contributed by atoms with Crippen molar-refractivity contribution in [3.05, 3.63) is 23.8 Å². The molecule has 0 aromatic heterocycles. The number of nitrogens with zero attached hydrogens (tertiary/aromatic N) is 2. The van der Waals surface area contributed by atoms with Gasteiger partial charge in [-0.1, -0.05) is 0 Å². The third kappa shape index (κ3) is 3.17. The third-order valence-corrected chi connectivity index (χ3v) is 4.79. The molecule has 0 atom stereocenters. The Labute approximate surface area is 141 Å². The molecule has 2 heterocycles. The highest BCUT2D eigenvalue weighted by molar-refractivity contribution is 5.94. The smallest absolute Gasteiger partial charge is 0.322 e. The Kier molecular flexibility index (Phi) is 4.89. The lowest BCUT2D eigenvalue weighted by molar-refractivity contribution is -0.130. The summed E-state index contributed by atoms with van der Waals surface area (Å²) >= 11 is 0. The zero-order chi connectivity index (χ0) is 17.1. The molecule has 7 heteroatoms. The molecule has 3 N–H and O–H groups in total. The Balaban J connectivity index is 1.82. The number of nitrogens with one attached hydrogen (secondary N) is 1. The highest BCUT2D eigenvalue weighted by atomic mass is 16.5. The number of urea groups is 1. The number of anilines is 1. The number of carbonyl (C=O) groups is 2. The molecule has 7 nitrogen and oxygen atoms in total. The van der Waals surface area contributed by atoms with E-state index in [1.807, 2.05) is 23.1 Å². The number of ether oxygens (including phenoxy) is 1. The number of piperidine rings is 1. The summed E-state index contributed by atoms with van der Waals surface area (Å²) in [6, 6.07) is 5.85. The Bertz CT molecular complexity index is 626. The summed E-state index contributed by atoms with van der Waals surface area (Å²) in [6.45, 7) is 1.92. The highest BCUT2D eigenvalue weighted by Gasteiger charge is 2.32. The van der Waals surface area contributed by atoms with Crippen molar-refractivity contribution in [2.24, 2.45) is 5.73 Å². The van der Waals surface area contributed by atoms with Crippen LogP contribution >= 0.6 is 0 Å². The van der Waals surface area contributed by atoms with Crippen LogP contribution in [0, 0.1) is 0 Å². The van der Waals surface area contributed by atoms with E-state index in [9.17, 15) is 9.59 Å². The van der Waals surface area contributed by atoms with Crippen LogP contribution in [0.4, 0.5) is 10.5 Å². The van der Waals surface area contributed by atoms with Gasteiger partial charge in [0.1, 0.15) is 5.75 Å². The third-order valence-electron chi connectivity index (χ3n) is 4.79. The van der Waals surface area contributed by atoms with Crippen molar-refractivity contribution in [2.75, 3.05) is 38.2 Å². The second kappa shape index (κ2) is 7.09. The summed E-state index contributed by atoms with van der Waals surface area (Å²) in [5.41, 5.74) is 7.48. The molecule has 0 saturated carbocycles. The fourth-order valence-electron chi connectivity index (χ4n) is 3.49. The molecule has 1 aromatic carbocycles. The van der Waals surface area contributed by atoms with Gasteiger partial charge >= 0.3 is 6.03 Å². The summed E-state index contributed by atoms with van der Waals surface area (Å²) in [6.07, 6.45) is 2.29. The average molecular weight is 332 g/mol. The monoisotopic (exact) mass is 332 g/mol. The number of rotatable bonds is 3. The molecule has 3 rings (SSSR count). The van der Waals surface area contributed by atoms with Crippen LogP contribution < -0.4 is 20.7 Å². The number of methoxy groups -OCH3 is 1. The Morgan fingerprint density at radius 3 is 2.79 bits per heavy atom. The number of nitrogens with two attached hydrogens (primary N) is 1. The van der Waals surface area contributed by atoms with Crippen LogP contribution in [0.2, 0.25) is 0 Å². The summed E-state index contributed by atoms with van der Waals surface area (Å²) in [4.78, 5) is 27.9. The van der Waals surface area contributed by atoms with Gasteiger partial charge in [0.25, 0.3) is 0 Å². The standard InChI is InChI=1S/C17H24N4O3/c1-24-14-2-3-15-12(10-14)4-7-19-17(23)21(15)13-5-8-20(9-6-13)16(22)11-18/h2-3,10,13H,4-9,11,18H2,1H3,(H,19,23). The summed E-state index contributed by atoms with van der Waals surface area (Å²) in [7, 11) is 1.64. The first kappa shape index (κ1) is 16.6. The van der Waals surface area contributed by atoms with Crippen LogP contribution in [-0.2, 0) is 11.2 Å². The molecule has 0 aliphatic carbocycles. The van der Waals surface area contributed by atoms with Crippen LogP contribution in [0.5, 0.6) is 5.75 Å². The predicted molar refractivity (Wildman–Crippen MR) is 91.2 cm³/mol. The van der Waals surface area contributed by atoms with Gasteiger partial charge in [-0.25, -0.2) is 4.79 Å². The van der Waals surface area contributed by atoms with Gasteiger partial charge in [-0.05, 0) is 43.0 Å². The molecule has 24 heavy (non-hydrogen) atoms. The lowest BCUT2D eigenvalue weighted by atomic mass is 10.0. The molecule has 0 radical (unpaired) electrons. The number of hydrogen-bond donors (Lipinski definition) is 2. The van der Waals surface area contributed by atoms with Gasteiger partial charge in [0.05, 0.1) is 13.7 Å². The van der Waals surface area contributed by atoms with Gasteiger partial charge in [-0.3, -0.25) is 9.69 Å². The largest absolute Gasteiger partial charge is 0.497 e. The molecule has 0 spiro atoms. The van der Waals surface area contributed by atoms with Crippen molar-refractivity contribution >= 4 is 17.6 Å². The van der Waals surface area contributed by atoms with E-state index in [4.69, 9.17) is 10.5 Å². The zero-order valence-electron chi connectivity index (χ0n) is 14.0. The van der Waals surface area contributed by atoms with Gasteiger partial charge in [0, 0.05) is 31.4 Å².